The summed E-state index contributed by atoms with van der Waals surface area (Å²) in [6.07, 6.45) is 2.31. The molecule has 0 unspecified atom stereocenters. The molecule has 0 saturated heterocycles. The van der Waals surface area contributed by atoms with Crippen LogP contribution in [-0.4, -0.2) is 5.97 Å². The molecule has 6 heteroatoms. The molecule has 0 amide bonds. The van der Waals surface area contributed by atoms with Gasteiger partial charge >= 0.3 is 5.97 Å². The first-order valence-corrected chi connectivity index (χ1v) is 6.98. The predicted molar refractivity (Wildman–Crippen MR) is 81.6 cm³/mol. The van der Waals surface area contributed by atoms with Gasteiger partial charge in [0.15, 0.2) is 0 Å². The van der Waals surface area contributed by atoms with Crippen LogP contribution in [0.2, 0.25) is 0 Å². The number of halogens is 3. The van der Waals surface area contributed by atoms with Gasteiger partial charge in [-0.2, -0.15) is 5.26 Å². The third-order valence-corrected chi connectivity index (χ3v) is 3.49. The van der Waals surface area contributed by atoms with Gasteiger partial charge in [-0.25, -0.2) is 18.5 Å². The summed E-state index contributed by atoms with van der Waals surface area (Å²) in [5, 5.41) is 8.82. The Balaban J connectivity index is 2.70. The SMILES string of the molecule is C=CCCc1cc(F)c(C(=O)OF)c(F)c1-c1ccc(C#N)cc1. The summed E-state index contributed by atoms with van der Waals surface area (Å²) in [4.78, 5) is 14.3. The molecule has 0 N–H and O–H groups in total. The summed E-state index contributed by atoms with van der Waals surface area (Å²) < 4.78 is 40.9. The fourth-order valence-electron chi connectivity index (χ4n) is 2.37. The molecule has 0 bridgehead atoms. The smallest absolute Gasteiger partial charge is 0.249 e. The standard InChI is InChI=1S/C18H12F3NO2/c1-2-3-4-13-9-14(19)16(18(23)24-21)17(20)15(13)12-7-5-11(10-22)6-8-12/h2,5-9H,1,3-4H2. The van der Waals surface area contributed by atoms with Crippen LogP contribution in [0.15, 0.2) is 43.0 Å². The van der Waals surface area contributed by atoms with Crippen molar-refractivity contribution in [1.82, 2.24) is 0 Å². The van der Waals surface area contributed by atoms with Gasteiger partial charge in [-0.1, -0.05) is 18.2 Å². The molecule has 0 aromatic heterocycles. The zero-order valence-electron chi connectivity index (χ0n) is 12.5. The molecule has 2 aromatic rings. The summed E-state index contributed by atoms with van der Waals surface area (Å²) in [6, 6.07) is 8.76. The molecule has 0 radical (unpaired) electrons. The topological polar surface area (TPSA) is 50.1 Å². The summed E-state index contributed by atoms with van der Waals surface area (Å²) in [5.41, 5.74) is -0.150. The van der Waals surface area contributed by atoms with Gasteiger partial charge < -0.3 is 0 Å². The van der Waals surface area contributed by atoms with Crippen LogP contribution in [0.5, 0.6) is 0 Å². The van der Waals surface area contributed by atoms with Crippen LogP contribution in [0.3, 0.4) is 0 Å². The maximum Gasteiger partial charge on any atom is 0.385 e. The van der Waals surface area contributed by atoms with Gasteiger partial charge in [0.2, 0.25) is 0 Å². The highest BCUT2D eigenvalue weighted by molar-refractivity contribution is 5.92. The molecule has 3 nitrogen and oxygen atoms in total. The third kappa shape index (κ3) is 3.30. The number of allylic oxidation sites excluding steroid dienone is 1. The quantitative estimate of drug-likeness (QED) is 0.749. The lowest BCUT2D eigenvalue weighted by Gasteiger charge is -2.13. The average molecular weight is 331 g/mol. The van der Waals surface area contributed by atoms with Gasteiger partial charge in [0, 0.05) is 10.1 Å². The van der Waals surface area contributed by atoms with E-state index in [1.807, 2.05) is 6.07 Å². The first kappa shape index (κ1) is 17.3. The minimum Gasteiger partial charge on any atom is -0.249 e. The van der Waals surface area contributed by atoms with E-state index in [9.17, 15) is 18.1 Å². The van der Waals surface area contributed by atoms with Crippen LogP contribution in [0, 0.1) is 23.0 Å². The van der Waals surface area contributed by atoms with Crippen LogP contribution >= 0.6 is 0 Å². The Kier molecular flexibility index (Phi) is 5.38. The molecule has 0 spiro atoms. The molecule has 0 aliphatic rings. The Bertz CT molecular complexity index is 824. The van der Waals surface area contributed by atoms with Gasteiger partial charge in [-0.05, 0) is 42.2 Å². The lowest BCUT2D eigenvalue weighted by Crippen LogP contribution is -2.10. The normalized spacial score (nSPS) is 10.1. The summed E-state index contributed by atoms with van der Waals surface area (Å²) in [5.74, 6) is -4.15. The highest BCUT2D eigenvalue weighted by atomic mass is 19.3. The molecule has 24 heavy (non-hydrogen) atoms. The van der Waals surface area contributed by atoms with E-state index in [0.717, 1.165) is 6.07 Å². The molecular formula is C18H12F3NO2. The number of nitrogens with zero attached hydrogens (tertiary/aromatic N) is 1. The van der Waals surface area contributed by atoms with Gasteiger partial charge in [-0.15, -0.1) is 6.58 Å². The maximum atomic E-state index is 14.7. The molecule has 0 atom stereocenters. The minimum atomic E-state index is -1.74. The number of nitriles is 1. The zero-order chi connectivity index (χ0) is 17.7. The molecule has 2 rings (SSSR count). The monoisotopic (exact) mass is 331 g/mol. The molecule has 122 valence electrons. The maximum absolute atomic E-state index is 14.7. The summed E-state index contributed by atoms with van der Waals surface area (Å²) in [7, 11) is 0. The van der Waals surface area contributed by atoms with E-state index >= 15 is 0 Å². The van der Waals surface area contributed by atoms with Crippen molar-refractivity contribution >= 4 is 5.97 Å². The van der Waals surface area contributed by atoms with E-state index in [1.165, 1.54) is 24.3 Å². The highest BCUT2D eigenvalue weighted by Crippen LogP contribution is 2.32. The van der Waals surface area contributed by atoms with E-state index in [0.29, 0.717) is 23.1 Å². The Morgan fingerprint density at radius 2 is 1.96 bits per heavy atom. The Labute approximate surface area is 136 Å². The average Bonchev–Trinajstić information content (AvgIpc) is 2.59. The second-order valence-electron chi connectivity index (χ2n) is 4.96. The molecule has 0 aliphatic carbocycles. The molecular weight excluding hydrogens is 319 g/mol. The van der Waals surface area contributed by atoms with Crippen molar-refractivity contribution in [2.45, 2.75) is 12.8 Å². The van der Waals surface area contributed by atoms with Crippen molar-refractivity contribution in [2.24, 2.45) is 0 Å². The lowest BCUT2D eigenvalue weighted by molar-refractivity contribution is -0.0795. The van der Waals surface area contributed by atoms with Crippen LogP contribution in [0.25, 0.3) is 11.1 Å². The van der Waals surface area contributed by atoms with E-state index < -0.39 is 23.2 Å². The predicted octanol–water partition coefficient (Wildman–Crippen LogP) is 4.66. The minimum absolute atomic E-state index is 0.0388. The van der Waals surface area contributed by atoms with Crippen LogP contribution in [0.1, 0.15) is 27.9 Å². The van der Waals surface area contributed by atoms with Gasteiger partial charge in [-0.3, -0.25) is 0 Å². The zero-order valence-corrected chi connectivity index (χ0v) is 12.5. The number of hydrogen-bond donors (Lipinski definition) is 0. The largest absolute Gasteiger partial charge is 0.385 e. The Morgan fingerprint density at radius 1 is 1.29 bits per heavy atom. The Morgan fingerprint density at radius 3 is 2.50 bits per heavy atom. The van der Waals surface area contributed by atoms with Crippen LogP contribution in [-0.2, 0) is 11.4 Å². The van der Waals surface area contributed by atoms with Crippen LogP contribution < -0.4 is 0 Å². The molecule has 0 saturated carbocycles. The molecule has 0 heterocycles. The van der Waals surface area contributed by atoms with Crippen molar-refractivity contribution in [3.8, 4) is 17.2 Å². The van der Waals surface area contributed by atoms with E-state index in [-0.39, 0.29) is 12.0 Å². The number of carbonyl (C=O) groups excluding carboxylic acids is 1. The second-order valence-corrected chi connectivity index (χ2v) is 4.96. The molecule has 0 aliphatic heterocycles. The van der Waals surface area contributed by atoms with Crippen molar-refractivity contribution < 1.29 is 23.0 Å². The summed E-state index contributed by atoms with van der Waals surface area (Å²) in [6.45, 7) is 3.56. The molecule has 0 fully saturated rings. The fraction of sp³-hybridized carbons (Fsp3) is 0.111. The second kappa shape index (κ2) is 7.47. The number of carbonyl (C=O) groups is 1. The fourth-order valence-corrected chi connectivity index (χ4v) is 2.37. The number of hydrogen-bond acceptors (Lipinski definition) is 3. The van der Waals surface area contributed by atoms with Crippen molar-refractivity contribution in [3.63, 3.8) is 0 Å². The first-order valence-electron chi connectivity index (χ1n) is 6.98. The number of rotatable bonds is 5. The lowest BCUT2D eigenvalue weighted by atomic mass is 9.93. The van der Waals surface area contributed by atoms with E-state index in [1.54, 1.807) is 6.08 Å². The van der Waals surface area contributed by atoms with Crippen LogP contribution in [0.4, 0.5) is 13.3 Å². The van der Waals surface area contributed by atoms with E-state index in [2.05, 4.69) is 11.5 Å². The van der Waals surface area contributed by atoms with Crippen molar-refractivity contribution in [3.05, 3.63) is 71.3 Å². The number of benzene rings is 2. The third-order valence-electron chi connectivity index (χ3n) is 3.49. The summed E-state index contributed by atoms with van der Waals surface area (Å²) >= 11 is 0. The highest BCUT2D eigenvalue weighted by Gasteiger charge is 2.26. The van der Waals surface area contributed by atoms with Gasteiger partial charge in [0.05, 0.1) is 11.6 Å². The van der Waals surface area contributed by atoms with Gasteiger partial charge in [0.1, 0.15) is 17.2 Å². The number of aryl methyl sites for hydroxylation is 1. The van der Waals surface area contributed by atoms with Crippen molar-refractivity contribution in [2.75, 3.05) is 0 Å². The van der Waals surface area contributed by atoms with E-state index in [4.69, 9.17) is 5.26 Å². The molecule has 2 aromatic carbocycles. The Hall–Kier alpha value is -3.07. The first-order chi connectivity index (χ1) is 11.5. The van der Waals surface area contributed by atoms with Crippen molar-refractivity contribution in [1.29, 1.82) is 5.26 Å². The van der Waals surface area contributed by atoms with Gasteiger partial charge in [0.25, 0.3) is 0 Å².